The lowest BCUT2D eigenvalue weighted by molar-refractivity contribution is 0.415. The van der Waals surface area contributed by atoms with Crippen molar-refractivity contribution >= 4 is 11.4 Å². The Bertz CT molecular complexity index is 350. The van der Waals surface area contributed by atoms with Crippen molar-refractivity contribution in [1.29, 1.82) is 0 Å². The van der Waals surface area contributed by atoms with Crippen LogP contribution in [0.2, 0.25) is 0 Å². The summed E-state index contributed by atoms with van der Waals surface area (Å²) in [4.78, 5) is 0. The second-order valence-corrected chi connectivity index (χ2v) is 4.97. The molecule has 0 amide bonds. The molecule has 17 heavy (non-hydrogen) atoms. The second kappa shape index (κ2) is 6.38. The Morgan fingerprint density at radius 1 is 1.24 bits per heavy atom. The van der Waals surface area contributed by atoms with Crippen LogP contribution in [0.5, 0.6) is 5.75 Å². The molecule has 1 unspecified atom stereocenters. The van der Waals surface area contributed by atoms with Crippen LogP contribution in [0, 0.1) is 5.92 Å². The number of methoxy groups -OCH3 is 1. The van der Waals surface area contributed by atoms with E-state index < -0.39 is 0 Å². The third-order valence-corrected chi connectivity index (χ3v) is 2.84. The first-order valence-electron chi connectivity index (χ1n) is 6.23. The van der Waals surface area contributed by atoms with Gasteiger partial charge in [-0.2, -0.15) is 0 Å². The van der Waals surface area contributed by atoms with Crippen molar-refractivity contribution in [2.45, 2.75) is 39.7 Å². The van der Waals surface area contributed by atoms with Crippen LogP contribution in [0.1, 0.15) is 33.6 Å². The van der Waals surface area contributed by atoms with Crippen molar-refractivity contribution in [2.24, 2.45) is 5.92 Å². The van der Waals surface area contributed by atoms with E-state index in [0.29, 0.717) is 6.04 Å². The van der Waals surface area contributed by atoms with Crippen LogP contribution in [0.25, 0.3) is 0 Å². The van der Waals surface area contributed by atoms with Crippen LogP contribution < -0.4 is 15.8 Å². The molecule has 0 aliphatic carbocycles. The van der Waals surface area contributed by atoms with Gasteiger partial charge in [0.05, 0.1) is 18.5 Å². The minimum absolute atomic E-state index is 0.438. The van der Waals surface area contributed by atoms with Gasteiger partial charge in [0.25, 0.3) is 0 Å². The van der Waals surface area contributed by atoms with Gasteiger partial charge in [-0.05, 0) is 37.8 Å². The van der Waals surface area contributed by atoms with E-state index in [4.69, 9.17) is 10.5 Å². The van der Waals surface area contributed by atoms with Crippen molar-refractivity contribution in [1.82, 2.24) is 0 Å². The lowest BCUT2D eigenvalue weighted by atomic mass is 10.0. The van der Waals surface area contributed by atoms with Crippen LogP contribution in [-0.4, -0.2) is 13.2 Å². The Balaban J connectivity index is 2.56. The number of hydrogen-bond acceptors (Lipinski definition) is 3. The zero-order chi connectivity index (χ0) is 12.8. The summed E-state index contributed by atoms with van der Waals surface area (Å²) in [5.41, 5.74) is 7.68. The molecule has 1 aromatic carbocycles. The van der Waals surface area contributed by atoms with E-state index in [1.54, 1.807) is 7.11 Å². The van der Waals surface area contributed by atoms with Gasteiger partial charge in [0, 0.05) is 12.1 Å². The smallest absolute Gasteiger partial charge is 0.121 e. The number of rotatable bonds is 6. The average molecular weight is 236 g/mol. The molecule has 1 aromatic rings. The molecule has 0 heterocycles. The van der Waals surface area contributed by atoms with Crippen molar-refractivity contribution in [3.63, 3.8) is 0 Å². The molecule has 96 valence electrons. The van der Waals surface area contributed by atoms with E-state index in [1.165, 1.54) is 6.42 Å². The molecule has 3 heteroatoms. The average Bonchev–Trinajstić information content (AvgIpc) is 2.29. The molecule has 0 aromatic heterocycles. The number of nitrogens with one attached hydrogen (secondary N) is 1. The van der Waals surface area contributed by atoms with Gasteiger partial charge in [0.15, 0.2) is 0 Å². The zero-order valence-electron chi connectivity index (χ0n) is 11.3. The number of benzene rings is 1. The minimum Gasteiger partial charge on any atom is -0.497 e. The predicted octanol–water partition coefficient (Wildman–Crippen LogP) is 3.51. The number of hydrogen-bond donors (Lipinski definition) is 2. The van der Waals surface area contributed by atoms with E-state index >= 15 is 0 Å². The number of ether oxygens (including phenoxy) is 1. The lowest BCUT2D eigenvalue weighted by Crippen LogP contribution is -2.16. The van der Waals surface area contributed by atoms with Crippen LogP contribution in [-0.2, 0) is 0 Å². The SMILES string of the molecule is COc1ccc(NC(C)CCC(C)C)c(N)c1. The monoisotopic (exact) mass is 236 g/mol. The summed E-state index contributed by atoms with van der Waals surface area (Å²) in [6.45, 7) is 6.68. The van der Waals surface area contributed by atoms with Gasteiger partial charge in [-0.25, -0.2) is 0 Å². The quantitative estimate of drug-likeness (QED) is 0.743. The summed E-state index contributed by atoms with van der Waals surface area (Å²) < 4.78 is 5.13. The van der Waals surface area contributed by atoms with Crippen molar-refractivity contribution < 1.29 is 4.74 Å². The molecule has 3 N–H and O–H groups in total. The molecule has 0 saturated carbocycles. The molecule has 0 radical (unpaired) electrons. The van der Waals surface area contributed by atoms with Crippen LogP contribution >= 0.6 is 0 Å². The van der Waals surface area contributed by atoms with Crippen LogP contribution in [0.15, 0.2) is 18.2 Å². The van der Waals surface area contributed by atoms with Crippen molar-refractivity contribution in [3.05, 3.63) is 18.2 Å². The molecule has 0 spiro atoms. The van der Waals surface area contributed by atoms with Gasteiger partial charge in [-0.3, -0.25) is 0 Å². The lowest BCUT2D eigenvalue weighted by Gasteiger charge is -2.18. The molecule has 1 atom stereocenters. The fraction of sp³-hybridized carbons (Fsp3) is 0.571. The first-order chi connectivity index (χ1) is 8.02. The summed E-state index contributed by atoms with van der Waals surface area (Å²) in [5.74, 6) is 1.54. The Morgan fingerprint density at radius 3 is 2.47 bits per heavy atom. The molecule has 0 bridgehead atoms. The molecular formula is C14H24N2O. The third-order valence-electron chi connectivity index (χ3n) is 2.84. The first kappa shape index (κ1) is 13.7. The van der Waals surface area contributed by atoms with Gasteiger partial charge in [0.2, 0.25) is 0 Å². The fourth-order valence-corrected chi connectivity index (χ4v) is 1.72. The summed E-state index contributed by atoms with van der Waals surface area (Å²) in [6, 6.07) is 6.18. The Labute approximate surface area is 104 Å². The molecule has 1 rings (SSSR count). The maximum Gasteiger partial charge on any atom is 0.121 e. The Hall–Kier alpha value is -1.38. The number of anilines is 2. The maximum atomic E-state index is 5.96. The van der Waals surface area contributed by atoms with E-state index in [9.17, 15) is 0 Å². The van der Waals surface area contributed by atoms with Crippen molar-refractivity contribution in [2.75, 3.05) is 18.2 Å². The molecule has 0 saturated heterocycles. The highest BCUT2D eigenvalue weighted by Gasteiger charge is 2.06. The molecule has 3 nitrogen and oxygen atoms in total. The Morgan fingerprint density at radius 2 is 1.94 bits per heavy atom. The third kappa shape index (κ3) is 4.55. The molecular weight excluding hydrogens is 212 g/mol. The van der Waals surface area contributed by atoms with Gasteiger partial charge in [-0.15, -0.1) is 0 Å². The normalized spacial score (nSPS) is 12.5. The number of nitrogens with two attached hydrogens (primary N) is 1. The molecule has 0 aliphatic heterocycles. The van der Waals surface area contributed by atoms with E-state index in [-0.39, 0.29) is 0 Å². The standard InChI is InChI=1S/C14H24N2O/c1-10(2)5-6-11(3)16-14-8-7-12(17-4)9-13(14)15/h7-11,16H,5-6,15H2,1-4H3. The number of nitrogen functional groups attached to an aromatic ring is 1. The second-order valence-electron chi connectivity index (χ2n) is 4.97. The largest absolute Gasteiger partial charge is 0.497 e. The minimum atomic E-state index is 0.438. The van der Waals surface area contributed by atoms with E-state index in [0.717, 1.165) is 29.5 Å². The van der Waals surface area contributed by atoms with Gasteiger partial charge >= 0.3 is 0 Å². The van der Waals surface area contributed by atoms with Gasteiger partial charge in [0.1, 0.15) is 5.75 Å². The van der Waals surface area contributed by atoms with E-state index in [1.807, 2.05) is 18.2 Å². The molecule has 0 aliphatic rings. The van der Waals surface area contributed by atoms with Crippen molar-refractivity contribution in [3.8, 4) is 5.75 Å². The maximum absolute atomic E-state index is 5.96. The predicted molar refractivity (Wildman–Crippen MR) is 74.6 cm³/mol. The van der Waals surface area contributed by atoms with Crippen LogP contribution in [0.4, 0.5) is 11.4 Å². The summed E-state index contributed by atoms with van der Waals surface area (Å²) in [5, 5.41) is 3.44. The highest BCUT2D eigenvalue weighted by molar-refractivity contribution is 5.68. The topological polar surface area (TPSA) is 47.3 Å². The molecule has 0 fully saturated rings. The highest BCUT2D eigenvalue weighted by atomic mass is 16.5. The van der Waals surface area contributed by atoms with Gasteiger partial charge in [-0.1, -0.05) is 13.8 Å². The van der Waals surface area contributed by atoms with Gasteiger partial charge < -0.3 is 15.8 Å². The fourth-order valence-electron chi connectivity index (χ4n) is 1.72. The summed E-state index contributed by atoms with van der Waals surface area (Å²) in [6.07, 6.45) is 2.38. The zero-order valence-corrected chi connectivity index (χ0v) is 11.3. The van der Waals surface area contributed by atoms with Crippen LogP contribution in [0.3, 0.4) is 0 Å². The highest BCUT2D eigenvalue weighted by Crippen LogP contribution is 2.25. The summed E-state index contributed by atoms with van der Waals surface area (Å²) >= 11 is 0. The summed E-state index contributed by atoms with van der Waals surface area (Å²) in [7, 11) is 1.65. The first-order valence-corrected chi connectivity index (χ1v) is 6.23. The van der Waals surface area contributed by atoms with E-state index in [2.05, 4.69) is 26.1 Å². The Kier molecular flexibility index (Phi) is 5.13.